The van der Waals surface area contributed by atoms with Crippen LogP contribution in [-0.2, 0) is 18.1 Å². The average molecular weight is 494 g/mol. The van der Waals surface area contributed by atoms with Gasteiger partial charge in [-0.2, -0.15) is 5.10 Å². The number of rotatable bonds is 9. The Bertz CT molecular complexity index is 942. The number of halogens is 2. The summed E-state index contributed by atoms with van der Waals surface area (Å²) >= 11 is 9.88. The zero-order chi connectivity index (χ0) is 20.9. The van der Waals surface area contributed by atoms with Gasteiger partial charge in [0.25, 0.3) is 0 Å². The molecule has 0 saturated heterocycles. The van der Waals surface area contributed by atoms with Crippen molar-refractivity contribution in [2.75, 3.05) is 6.61 Å². The van der Waals surface area contributed by atoms with Crippen LogP contribution in [0.15, 0.2) is 59.2 Å². The van der Waals surface area contributed by atoms with E-state index in [1.165, 1.54) is 0 Å². The number of nitrogens with zero attached hydrogens (tertiary/aromatic N) is 2. The van der Waals surface area contributed by atoms with E-state index in [0.29, 0.717) is 18.4 Å². The molecule has 154 valence electrons. The Labute approximate surface area is 186 Å². The number of aromatic nitrogens is 2. The molecule has 0 fully saturated rings. The standard InChI is InChI=1S/C22H26BrClN2O2Si/c1-29(2,3)12-11-27-16-26-14-20(23)22(25-26)19-13-18(24)9-10-21(19)28-15-17-7-5-4-6-8-17/h4-10,13-14H,11-12,15-16H2,1-3H3. The van der Waals surface area contributed by atoms with Crippen molar-refractivity contribution < 1.29 is 9.47 Å². The highest BCUT2D eigenvalue weighted by molar-refractivity contribution is 9.10. The van der Waals surface area contributed by atoms with Crippen LogP contribution in [-0.4, -0.2) is 24.5 Å². The molecule has 3 rings (SSSR count). The molecule has 0 aliphatic carbocycles. The summed E-state index contributed by atoms with van der Waals surface area (Å²) in [6.07, 6.45) is 1.92. The van der Waals surface area contributed by atoms with Gasteiger partial charge < -0.3 is 9.47 Å². The highest BCUT2D eigenvalue weighted by Crippen LogP contribution is 2.36. The Morgan fingerprint density at radius 2 is 1.86 bits per heavy atom. The molecule has 4 nitrogen and oxygen atoms in total. The molecule has 29 heavy (non-hydrogen) atoms. The zero-order valence-electron chi connectivity index (χ0n) is 17.0. The van der Waals surface area contributed by atoms with E-state index >= 15 is 0 Å². The molecule has 1 heterocycles. The van der Waals surface area contributed by atoms with Gasteiger partial charge in [-0.1, -0.05) is 61.6 Å². The van der Waals surface area contributed by atoms with Gasteiger partial charge in [-0.15, -0.1) is 0 Å². The first-order chi connectivity index (χ1) is 13.8. The van der Waals surface area contributed by atoms with Crippen LogP contribution in [0, 0.1) is 0 Å². The highest BCUT2D eigenvalue weighted by atomic mass is 79.9. The molecule has 7 heteroatoms. The molecule has 0 atom stereocenters. The second-order valence-electron chi connectivity index (χ2n) is 8.13. The molecule has 0 aliphatic heterocycles. The Kier molecular flexibility index (Phi) is 7.57. The van der Waals surface area contributed by atoms with Gasteiger partial charge in [0.1, 0.15) is 24.8 Å². The number of hydrogen-bond donors (Lipinski definition) is 0. The fourth-order valence-electron chi connectivity index (χ4n) is 2.73. The van der Waals surface area contributed by atoms with Gasteiger partial charge in [-0.05, 0) is 45.7 Å². The molecular formula is C22H26BrClN2O2Si. The minimum absolute atomic E-state index is 0.420. The summed E-state index contributed by atoms with van der Waals surface area (Å²) in [5, 5.41) is 5.33. The van der Waals surface area contributed by atoms with E-state index in [0.717, 1.165) is 39.7 Å². The van der Waals surface area contributed by atoms with E-state index in [1.54, 1.807) is 4.68 Å². The summed E-state index contributed by atoms with van der Waals surface area (Å²) in [4.78, 5) is 0. The van der Waals surface area contributed by atoms with Crippen molar-refractivity contribution in [1.82, 2.24) is 9.78 Å². The lowest BCUT2D eigenvalue weighted by Gasteiger charge is -2.15. The molecule has 0 N–H and O–H groups in total. The molecule has 2 aromatic carbocycles. The van der Waals surface area contributed by atoms with E-state index in [4.69, 9.17) is 21.1 Å². The molecule has 0 amide bonds. The Balaban J connectivity index is 1.74. The van der Waals surface area contributed by atoms with Gasteiger partial charge >= 0.3 is 0 Å². The molecule has 0 aliphatic rings. The van der Waals surface area contributed by atoms with Gasteiger partial charge in [0, 0.05) is 31.5 Å². The van der Waals surface area contributed by atoms with Crippen LogP contribution in [0.4, 0.5) is 0 Å². The van der Waals surface area contributed by atoms with Crippen LogP contribution in [0.25, 0.3) is 11.3 Å². The van der Waals surface area contributed by atoms with Gasteiger partial charge in [0.15, 0.2) is 0 Å². The summed E-state index contributed by atoms with van der Waals surface area (Å²) in [5.74, 6) is 0.740. The fourth-order valence-corrected chi connectivity index (χ4v) is 4.19. The zero-order valence-corrected chi connectivity index (χ0v) is 20.3. The smallest absolute Gasteiger partial charge is 0.139 e. The second-order valence-corrected chi connectivity index (χ2v) is 15.0. The monoisotopic (exact) mass is 492 g/mol. The predicted molar refractivity (Wildman–Crippen MR) is 125 cm³/mol. The SMILES string of the molecule is C[Si](C)(C)CCOCn1cc(Br)c(-c2cc(Cl)ccc2OCc2ccccc2)n1. The van der Waals surface area contributed by atoms with Gasteiger partial charge in [0.05, 0.1) is 4.47 Å². The first kappa shape index (κ1) is 22.1. The minimum atomic E-state index is -1.10. The van der Waals surface area contributed by atoms with Crippen molar-refractivity contribution in [2.45, 2.75) is 39.0 Å². The van der Waals surface area contributed by atoms with E-state index in [9.17, 15) is 0 Å². The van der Waals surface area contributed by atoms with E-state index < -0.39 is 8.07 Å². The van der Waals surface area contributed by atoms with Crippen LogP contribution in [0.2, 0.25) is 30.7 Å². The third-order valence-corrected chi connectivity index (χ3v) is 6.89. The first-order valence-electron chi connectivity index (χ1n) is 9.59. The summed E-state index contributed by atoms with van der Waals surface area (Å²) in [7, 11) is -1.10. The Hall–Kier alpha value is -1.60. The van der Waals surface area contributed by atoms with Crippen LogP contribution < -0.4 is 4.74 Å². The van der Waals surface area contributed by atoms with E-state index in [1.807, 2.05) is 54.7 Å². The molecule has 0 radical (unpaired) electrons. The van der Waals surface area contributed by atoms with Crippen LogP contribution in [0.1, 0.15) is 5.56 Å². The fraction of sp³-hybridized carbons (Fsp3) is 0.318. The number of hydrogen-bond acceptors (Lipinski definition) is 3. The second kappa shape index (κ2) is 9.94. The number of ether oxygens (including phenoxy) is 2. The van der Waals surface area contributed by atoms with Crippen LogP contribution in [0.3, 0.4) is 0 Å². The maximum atomic E-state index is 6.26. The topological polar surface area (TPSA) is 36.3 Å². The summed E-state index contributed by atoms with van der Waals surface area (Å²) in [5.41, 5.74) is 2.74. The van der Waals surface area contributed by atoms with Gasteiger partial charge in [-0.25, -0.2) is 4.68 Å². The third kappa shape index (κ3) is 6.71. The molecular weight excluding hydrogens is 468 g/mol. The van der Waals surface area contributed by atoms with E-state index in [-0.39, 0.29) is 0 Å². The van der Waals surface area contributed by atoms with Crippen molar-refractivity contribution in [1.29, 1.82) is 0 Å². The Morgan fingerprint density at radius 1 is 1.10 bits per heavy atom. The predicted octanol–water partition coefficient (Wildman–Crippen LogP) is 6.86. The molecule has 0 bridgehead atoms. The number of benzene rings is 2. The minimum Gasteiger partial charge on any atom is -0.488 e. The third-order valence-electron chi connectivity index (χ3n) is 4.37. The van der Waals surface area contributed by atoms with Crippen molar-refractivity contribution in [3.63, 3.8) is 0 Å². The lowest BCUT2D eigenvalue weighted by atomic mass is 10.1. The van der Waals surface area contributed by atoms with Crippen molar-refractivity contribution in [2.24, 2.45) is 0 Å². The summed E-state index contributed by atoms with van der Waals surface area (Å²) in [6, 6.07) is 16.8. The van der Waals surface area contributed by atoms with Crippen molar-refractivity contribution >= 4 is 35.6 Å². The van der Waals surface area contributed by atoms with Crippen LogP contribution in [0.5, 0.6) is 5.75 Å². The van der Waals surface area contributed by atoms with Crippen molar-refractivity contribution in [3.8, 4) is 17.0 Å². The Morgan fingerprint density at radius 3 is 2.59 bits per heavy atom. The molecule has 1 aromatic heterocycles. The molecule has 3 aromatic rings. The highest BCUT2D eigenvalue weighted by Gasteiger charge is 2.16. The maximum absolute atomic E-state index is 6.26. The molecule has 0 saturated carbocycles. The largest absolute Gasteiger partial charge is 0.488 e. The molecule has 0 spiro atoms. The van der Waals surface area contributed by atoms with Gasteiger partial charge in [-0.3, -0.25) is 0 Å². The van der Waals surface area contributed by atoms with Crippen molar-refractivity contribution in [3.05, 3.63) is 69.8 Å². The van der Waals surface area contributed by atoms with Gasteiger partial charge in [0.2, 0.25) is 0 Å². The summed E-state index contributed by atoms with van der Waals surface area (Å²) < 4.78 is 14.6. The molecule has 0 unspecified atom stereocenters. The normalized spacial score (nSPS) is 11.6. The lowest BCUT2D eigenvalue weighted by molar-refractivity contribution is 0.0787. The summed E-state index contributed by atoms with van der Waals surface area (Å²) in [6.45, 7) is 8.68. The quantitative estimate of drug-likeness (QED) is 0.241. The average Bonchev–Trinajstić information content (AvgIpc) is 3.05. The van der Waals surface area contributed by atoms with E-state index in [2.05, 4.69) is 40.7 Å². The lowest BCUT2D eigenvalue weighted by Crippen LogP contribution is -2.22. The van der Waals surface area contributed by atoms with Crippen LogP contribution >= 0.6 is 27.5 Å². The maximum Gasteiger partial charge on any atom is 0.139 e. The first-order valence-corrected chi connectivity index (χ1v) is 14.5.